The molecule has 1 heterocycles. The fourth-order valence-electron chi connectivity index (χ4n) is 2.35. The van der Waals surface area contributed by atoms with E-state index in [0.717, 1.165) is 5.56 Å². The number of nitrogens with zero attached hydrogens (tertiary/aromatic N) is 2. The Labute approximate surface area is 140 Å². The third-order valence-electron chi connectivity index (χ3n) is 3.46. The molecule has 3 rings (SSSR count). The van der Waals surface area contributed by atoms with E-state index in [9.17, 15) is 17.6 Å². The zero-order valence-corrected chi connectivity index (χ0v) is 12.8. The molecule has 0 aliphatic heterocycles. The molecule has 1 N–H and O–H groups in total. The average molecular weight is 351 g/mol. The van der Waals surface area contributed by atoms with Gasteiger partial charge in [-0.25, -0.2) is 14.4 Å². The Kier molecular flexibility index (Phi) is 4.69. The molecule has 0 atom stereocenters. The number of hydrogen-bond acceptors (Lipinski definition) is 4. The van der Waals surface area contributed by atoms with Crippen molar-refractivity contribution in [2.45, 2.75) is 12.8 Å². The molecule has 0 aliphatic rings. The van der Waals surface area contributed by atoms with Crippen molar-refractivity contribution >= 4 is 16.7 Å². The molecule has 1 aromatic heterocycles. The summed E-state index contributed by atoms with van der Waals surface area (Å²) in [6, 6.07) is 9.87. The van der Waals surface area contributed by atoms with Crippen LogP contribution in [0.4, 0.5) is 23.4 Å². The van der Waals surface area contributed by atoms with Crippen molar-refractivity contribution in [3.05, 3.63) is 60.2 Å². The first-order valence-electron chi connectivity index (χ1n) is 7.39. The normalized spacial score (nSPS) is 11.5. The minimum atomic E-state index is -4.70. The number of fused-ring (bicyclic) bond motifs is 1. The summed E-state index contributed by atoms with van der Waals surface area (Å²) in [7, 11) is 0. The highest BCUT2D eigenvalue weighted by molar-refractivity contribution is 5.88. The summed E-state index contributed by atoms with van der Waals surface area (Å²) in [6.07, 6.45) is -2.77. The quantitative estimate of drug-likeness (QED) is 0.696. The zero-order chi connectivity index (χ0) is 17.9. The SMILES string of the molecule is Fc1ccc2ncnc(NCCc3ccc(OC(F)(F)F)cc3)c2c1. The van der Waals surface area contributed by atoms with E-state index < -0.39 is 6.36 Å². The molecule has 0 saturated carbocycles. The highest BCUT2D eigenvalue weighted by Crippen LogP contribution is 2.23. The molecule has 0 bridgehead atoms. The van der Waals surface area contributed by atoms with Crippen molar-refractivity contribution in [1.29, 1.82) is 0 Å². The van der Waals surface area contributed by atoms with Gasteiger partial charge in [-0.05, 0) is 42.3 Å². The van der Waals surface area contributed by atoms with Gasteiger partial charge in [0.25, 0.3) is 0 Å². The van der Waals surface area contributed by atoms with Gasteiger partial charge in [0, 0.05) is 11.9 Å². The number of benzene rings is 2. The number of alkyl halides is 3. The van der Waals surface area contributed by atoms with Gasteiger partial charge in [-0.3, -0.25) is 0 Å². The predicted molar refractivity (Wildman–Crippen MR) is 84.8 cm³/mol. The molecule has 4 nitrogen and oxygen atoms in total. The lowest BCUT2D eigenvalue weighted by molar-refractivity contribution is -0.274. The van der Waals surface area contributed by atoms with Gasteiger partial charge in [-0.15, -0.1) is 13.2 Å². The van der Waals surface area contributed by atoms with Crippen LogP contribution in [0.15, 0.2) is 48.8 Å². The number of nitrogens with one attached hydrogen (secondary N) is 1. The van der Waals surface area contributed by atoms with Crippen molar-refractivity contribution in [2.75, 3.05) is 11.9 Å². The zero-order valence-electron chi connectivity index (χ0n) is 12.8. The molecule has 0 aliphatic carbocycles. The van der Waals surface area contributed by atoms with Gasteiger partial charge in [-0.2, -0.15) is 0 Å². The molecular weight excluding hydrogens is 338 g/mol. The summed E-state index contributed by atoms with van der Waals surface area (Å²) in [5.41, 5.74) is 1.44. The van der Waals surface area contributed by atoms with Crippen molar-refractivity contribution < 1.29 is 22.3 Å². The van der Waals surface area contributed by atoms with E-state index in [1.54, 1.807) is 18.2 Å². The molecule has 25 heavy (non-hydrogen) atoms. The van der Waals surface area contributed by atoms with Crippen molar-refractivity contribution in [3.63, 3.8) is 0 Å². The molecular formula is C17H13F4N3O. The minimum absolute atomic E-state index is 0.263. The largest absolute Gasteiger partial charge is 0.573 e. The number of ether oxygens (including phenoxy) is 1. The lowest BCUT2D eigenvalue weighted by Crippen LogP contribution is -2.17. The molecule has 0 amide bonds. The maximum absolute atomic E-state index is 13.4. The average Bonchev–Trinajstić information content (AvgIpc) is 2.55. The molecule has 0 unspecified atom stereocenters. The van der Waals surface area contributed by atoms with Crippen LogP contribution in [0.25, 0.3) is 10.9 Å². The Balaban J connectivity index is 1.62. The molecule has 130 valence electrons. The van der Waals surface area contributed by atoms with E-state index in [4.69, 9.17) is 0 Å². The van der Waals surface area contributed by atoms with Crippen LogP contribution in [-0.2, 0) is 6.42 Å². The van der Waals surface area contributed by atoms with Crippen LogP contribution in [0, 0.1) is 5.82 Å². The summed E-state index contributed by atoms with van der Waals surface area (Å²) in [4.78, 5) is 8.16. The van der Waals surface area contributed by atoms with Gasteiger partial charge in [0.15, 0.2) is 0 Å². The van der Waals surface area contributed by atoms with Crippen molar-refractivity contribution in [1.82, 2.24) is 9.97 Å². The second kappa shape index (κ2) is 6.92. The van der Waals surface area contributed by atoms with Gasteiger partial charge in [0.05, 0.1) is 5.52 Å². The van der Waals surface area contributed by atoms with Gasteiger partial charge in [0.1, 0.15) is 23.7 Å². The summed E-state index contributed by atoms with van der Waals surface area (Å²) < 4.78 is 53.6. The van der Waals surface area contributed by atoms with Crippen LogP contribution in [-0.4, -0.2) is 22.9 Å². The molecule has 0 radical (unpaired) electrons. The lowest BCUT2D eigenvalue weighted by Gasteiger charge is -2.10. The molecule has 3 aromatic rings. The number of halogens is 4. The first-order valence-corrected chi connectivity index (χ1v) is 7.39. The highest BCUT2D eigenvalue weighted by atomic mass is 19.4. The van der Waals surface area contributed by atoms with Crippen LogP contribution in [0.3, 0.4) is 0 Å². The Hall–Kier alpha value is -2.90. The standard InChI is InChI=1S/C17H13F4N3O/c18-12-3-6-15-14(9-12)16(24-10-23-15)22-8-7-11-1-4-13(5-2-11)25-17(19,20)21/h1-6,9-10H,7-8H2,(H,22,23,24). The number of hydrogen-bond donors (Lipinski definition) is 1. The molecule has 0 fully saturated rings. The monoisotopic (exact) mass is 351 g/mol. The summed E-state index contributed by atoms with van der Waals surface area (Å²) in [5.74, 6) is -0.145. The lowest BCUT2D eigenvalue weighted by atomic mass is 10.1. The van der Waals surface area contributed by atoms with Crippen LogP contribution in [0.1, 0.15) is 5.56 Å². The second-order valence-corrected chi connectivity index (χ2v) is 5.25. The number of aromatic nitrogens is 2. The van der Waals surface area contributed by atoms with Crippen LogP contribution >= 0.6 is 0 Å². The first kappa shape index (κ1) is 16.9. The summed E-state index contributed by atoms with van der Waals surface area (Å²) >= 11 is 0. The smallest absolute Gasteiger partial charge is 0.406 e. The number of rotatable bonds is 5. The third-order valence-corrected chi connectivity index (χ3v) is 3.46. The summed E-state index contributed by atoms with van der Waals surface area (Å²) in [5, 5.41) is 3.65. The van der Waals surface area contributed by atoms with Crippen molar-refractivity contribution in [3.8, 4) is 5.75 Å². The molecule has 2 aromatic carbocycles. The first-order chi connectivity index (χ1) is 11.9. The summed E-state index contributed by atoms with van der Waals surface area (Å²) in [6.45, 7) is 0.474. The maximum atomic E-state index is 13.4. The van der Waals surface area contributed by atoms with E-state index >= 15 is 0 Å². The molecule has 0 spiro atoms. The van der Waals surface area contributed by atoms with Crippen LogP contribution in [0.5, 0.6) is 5.75 Å². The van der Waals surface area contributed by atoms with Crippen molar-refractivity contribution in [2.24, 2.45) is 0 Å². The Morgan fingerprint density at radius 3 is 2.48 bits per heavy atom. The second-order valence-electron chi connectivity index (χ2n) is 5.25. The predicted octanol–water partition coefficient (Wildman–Crippen LogP) is 4.32. The molecule has 8 heteroatoms. The fourth-order valence-corrected chi connectivity index (χ4v) is 2.35. The van der Waals surface area contributed by atoms with Crippen LogP contribution < -0.4 is 10.1 Å². The highest BCUT2D eigenvalue weighted by Gasteiger charge is 2.30. The third kappa shape index (κ3) is 4.56. The van der Waals surface area contributed by atoms with Gasteiger partial charge in [-0.1, -0.05) is 12.1 Å². The van der Waals surface area contributed by atoms with Gasteiger partial charge in [0.2, 0.25) is 0 Å². The number of anilines is 1. The molecule has 0 saturated heterocycles. The maximum Gasteiger partial charge on any atom is 0.573 e. The Morgan fingerprint density at radius 1 is 1.00 bits per heavy atom. The van der Waals surface area contributed by atoms with Gasteiger partial charge < -0.3 is 10.1 Å². The minimum Gasteiger partial charge on any atom is -0.406 e. The topological polar surface area (TPSA) is 47.0 Å². The van der Waals surface area contributed by atoms with E-state index in [1.165, 1.54) is 30.6 Å². The van der Waals surface area contributed by atoms with E-state index in [2.05, 4.69) is 20.0 Å². The van der Waals surface area contributed by atoms with E-state index in [-0.39, 0.29) is 11.6 Å². The van der Waals surface area contributed by atoms with E-state index in [0.29, 0.717) is 29.7 Å². The van der Waals surface area contributed by atoms with Gasteiger partial charge >= 0.3 is 6.36 Å². The van der Waals surface area contributed by atoms with E-state index in [1.807, 2.05) is 0 Å². The van der Waals surface area contributed by atoms with Crippen LogP contribution in [0.2, 0.25) is 0 Å². The Morgan fingerprint density at radius 2 is 1.76 bits per heavy atom. The Bertz CT molecular complexity index is 866. The fraction of sp³-hybridized carbons (Fsp3) is 0.176.